The molecule has 1 aliphatic rings. The Hall–Kier alpha value is -3.26. The first-order valence-electron chi connectivity index (χ1n) is 10.7. The number of hydrogen-bond donors (Lipinski definition) is 0. The molecule has 1 aliphatic heterocycles. The minimum atomic E-state index is -0.461. The first-order valence-corrected chi connectivity index (χ1v) is 10.7. The molecule has 1 atom stereocenters. The van der Waals surface area contributed by atoms with Crippen molar-refractivity contribution in [3.05, 3.63) is 41.7 Å². The number of carbonyl (C=O) groups is 1. The van der Waals surface area contributed by atoms with Crippen LogP contribution in [-0.2, 0) is 9.47 Å². The van der Waals surface area contributed by atoms with Crippen molar-refractivity contribution in [1.82, 2.24) is 15.0 Å². The van der Waals surface area contributed by atoms with E-state index in [1.54, 1.807) is 12.1 Å². The fourth-order valence-corrected chi connectivity index (χ4v) is 3.83. The van der Waals surface area contributed by atoms with Crippen LogP contribution in [0.4, 0.5) is 5.82 Å². The highest BCUT2D eigenvalue weighted by atomic mass is 16.5. The summed E-state index contributed by atoms with van der Waals surface area (Å²) in [5.74, 6) is 1.79. The van der Waals surface area contributed by atoms with Crippen LogP contribution < -0.4 is 9.64 Å². The van der Waals surface area contributed by atoms with Crippen LogP contribution >= 0.6 is 0 Å². The zero-order chi connectivity index (χ0) is 22.8. The van der Waals surface area contributed by atoms with E-state index in [-0.39, 0.29) is 12.0 Å². The number of rotatable bonds is 5. The molecule has 1 saturated heterocycles. The summed E-state index contributed by atoms with van der Waals surface area (Å²) in [6, 6.07) is 9.49. The Balaban J connectivity index is 1.85. The topological polar surface area (TPSA) is 86.7 Å². The molecule has 8 nitrogen and oxygen atoms in total. The van der Waals surface area contributed by atoms with Gasteiger partial charge in [0.15, 0.2) is 5.65 Å². The van der Waals surface area contributed by atoms with Crippen molar-refractivity contribution in [2.75, 3.05) is 38.9 Å². The lowest BCUT2D eigenvalue weighted by Crippen LogP contribution is -2.44. The third-order valence-electron chi connectivity index (χ3n) is 5.61. The maximum absolute atomic E-state index is 12.2. The van der Waals surface area contributed by atoms with E-state index in [1.165, 1.54) is 14.2 Å². The highest BCUT2D eigenvalue weighted by Crippen LogP contribution is 2.31. The quantitative estimate of drug-likeness (QED) is 0.558. The van der Waals surface area contributed by atoms with Gasteiger partial charge < -0.3 is 19.1 Å². The summed E-state index contributed by atoms with van der Waals surface area (Å²) in [4.78, 5) is 29.0. The lowest BCUT2D eigenvalue weighted by atomic mass is 10.1. The summed E-state index contributed by atoms with van der Waals surface area (Å²) in [5.41, 5.74) is 2.46. The summed E-state index contributed by atoms with van der Waals surface area (Å²) in [6.45, 7) is 8.38. The van der Waals surface area contributed by atoms with E-state index >= 15 is 0 Å². The zero-order valence-corrected chi connectivity index (χ0v) is 19.1. The fourth-order valence-electron chi connectivity index (χ4n) is 3.83. The van der Waals surface area contributed by atoms with E-state index in [1.807, 2.05) is 18.2 Å². The Morgan fingerprint density at radius 1 is 1.16 bits per heavy atom. The van der Waals surface area contributed by atoms with Crippen molar-refractivity contribution in [3.63, 3.8) is 0 Å². The van der Waals surface area contributed by atoms with Crippen LogP contribution in [0.25, 0.3) is 22.3 Å². The van der Waals surface area contributed by atoms with Crippen LogP contribution in [0.3, 0.4) is 0 Å². The van der Waals surface area contributed by atoms with Crippen LogP contribution in [0.1, 0.15) is 42.9 Å². The lowest BCUT2D eigenvalue weighted by Gasteiger charge is -2.35. The lowest BCUT2D eigenvalue weighted by molar-refractivity contribution is 0.0597. The van der Waals surface area contributed by atoms with Gasteiger partial charge >= 0.3 is 5.97 Å². The van der Waals surface area contributed by atoms with E-state index in [2.05, 4.69) is 25.7 Å². The predicted octanol–water partition coefficient (Wildman–Crippen LogP) is 3.84. The number of aromatic nitrogens is 3. The van der Waals surface area contributed by atoms with Crippen LogP contribution in [-0.4, -0.2) is 60.9 Å². The molecule has 3 heterocycles. The number of methoxy groups -OCH3 is 2. The molecule has 0 bridgehead atoms. The van der Waals surface area contributed by atoms with Gasteiger partial charge in [0.05, 0.1) is 44.6 Å². The molecule has 4 rings (SSSR count). The smallest absolute Gasteiger partial charge is 0.341 e. The Morgan fingerprint density at radius 2 is 1.97 bits per heavy atom. The normalized spacial score (nSPS) is 16.4. The zero-order valence-electron chi connectivity index (χ0n) is 19.1. The summed E-state index contributed by atoms with van der Waals surface area (Å²) >= 11 is 0. The Morgan fingerprint density at radius 3 is 2.66 bits per heavy atom. The molecule has 2 aromatic heterocycles. The average Bonchev–Trinajstić information content (AvgIpc) is 2.82. The van der Waals surface area contributed by atoms with Crippen LogP contribution in [0, 0.1) is 0 Å². The van der Waals surface area contributed by atoms with Crippen LogP contribution in [0.2, 0.25) is 0 Å². The molecule has 0 radical (unpaired) electrons. The number of nitrogens with zero attached hydrogens (tertiary/aromatic N) is 4. The first-order chi connectivity index (χ1) is 15.4. The molecule has 0 amide bonds. The predicted molar refractivity (Wildman–Crippen MR) is 122 cm³/mol. The Bertz CT molecular complexity index is 1150. The van der Waals surface area contributed by atoms with Crippen molar-refractivity contribution in [3.8, 4) is 17.0 Å². The molecule has 1 aromatic carbocycles. The van der Waals surface area contributed by atoms with Crippen LogP contribution in [0.5, 0.6) is 5.75 Å². The highest BCUT2D eigenvalue weighted by molar-refractivity contribution is 5.94. The van der Waals surface area contributed by atoms with E-state index in [0.717, 1.165) is 29.1 Å². The molecule has 3 aromatic rings. The SMILES string of the molecule is COC(=O)c1cc(-c2ccc3c(N4CCOCC4C)nc(C(C)C)nc3n2)ccc1OC. The standard InChI is InChI=1S/C24H28N4O4/c1-14(2)21-26-22-17(23(27-21)28-10-11-32-13-15(28)3)7-8-19(25-22)16-6-9-20(30-4)18(12-16)24(29)31-5/h6-9,12,14-15H,10-11,13H2,1-5H3. The summed E-state index contributed by atoms with van der Waals surface area (Å²) in [5, 5.41) is 0.897. The van der Waals surface area contributed by atoms with E-state index in [0.29, 0.717) is 35.9 Å². The molecule has 1 fully saturated rings. The Kier molecular flexibility index (Phi) is 6.23. The van der Waals surface area contributed by atoms with Gasteiger partial charge in [-0.25, -0.2) is 19.7 Å². The van der Waals surface area contributed by atoms with Crippen molar-refractivity contribution >= 4 is 22.8 Å². The Labute approximate surface area is 187 Å². The minimum absolute atomic E-state index is 0.159. The molecule has 0 N–H and O–H groups in total. The number of morpholine rings is 1. The summed E-state index contributed by atoms with van der Waals surface area (Å²) in [7, 11) is 2.87. The number of esters is 1. The largest absolute Gasteiger partial charge is 0.496 e. The monoisotopic (exact) mass is 436 g/mol. The van der Waals surface area contributed by atoms with Crippen molar-refractivity contribution < 1.29 is 19.0 Å². The number of benzene rings is 1. The van der Waals surface area contributed by atoms with E-state index in [4.69, 9.17) is 29.2 Å². The first kappa shape index (κ1) is 22.0. The summed E-state index contributed by atoms with van der Waals surface area (Å²) in [6.07, 6.45) is 0. The van der Waals surface area contributed by atoms with Crippen molar-refractivity contribution in [2.45, 2.75) is 32.7 Å². The van der Waals surface area contributed by atoms with Gasteiger partial charge in [0.25, 0.3) is 0 Å². The third-order valence-corrected chi connectivity index (χ3v) is 5.61. The maximum Gasteiger partial charge on any atom is 0.341 e. The summed E-state index contributed by atoms with van der Waals surface area (Å²) < 4.78 is 15.8. The molecule has 8 heteroatoms. The molecule has 168 valence electrons. The molecular weight excluding hydrogens is 408 g/mol. The number of ether oxygens (including phenoxy) is 3. The molecule has 0 saturated carbocycles. The van der Waals surface area contributed by atoms with Gasteiger partial charge in [-0.3, -0.25) is 0 Å². The number of pyridine rings is 1. The van der Waals surface area contributed by atoms with Gasteiger partial charge in [-0.05, 0) is 37.3 Å². The highest BCUT2D eigenvalue weighted by Gasteiger charge is 2.24. The average molecular weight is 437 g/mol. The minimum Gasteiger partial charge on any atom is -0.496 e. The number of carbonyl (C=O) groups excluding carboxylic acids is 1. The molecule has 0 aliphatic carbocycles. The number of anilines is 1. The van der Waals surface area contributed by atoms with Crippen molar-refractivity contribution in [1.29, 1.82) is 0 Å². The molecule has 1 unspecified atom stereocenters. The maximum atomic E-state index is 12.2. The number of hydrogen-bond acceptors (Lipinski definition) is 8. The third kappa shape index (κ3) is 4.10. The molecular formula is C24H28N4O4. The molecule has 32 heavy (non-hydrogen) atoms. The fraction of sp³-hybridized carbons (Fsp3) is 0.417. The second-order valence-electron chi connectivity index (χ2n) is 8.15. The second kappa shape index (κ2) is 9.08. The molecule has 0 spiro atoms. The van der Waals surface area contributed by atoms with Gasteiger partial charge in [0, 0.05) is 18.0 Å². The van der Waals surface area contributed by atoms with E-state index < -0.39 is 5.97 Å². The van der Waals surface area contributed by atoms with Gasteiger partial charge in [0.1, 0.15) is 23.0 Å². The van der Waals surface area contributed by atoms with Crippen molar-refractivity contribution in [2.24, 2.45) is 0 Å². The van der Waals surface area contributed by atoms with Gasteiger partial charge in [0.2, 0.25) is 0 Å². The second-order valence-corrected chi connectivity index (χ2v) is 8.15. The van der Waals surface area contributed by atoms with Gasteiger partial charge in [-0.2, -0.15) is 0 Å². The van der Waals surface area contributed by atoms with E-state index in [9.17, 15) is 4.79 Å². The van der Waals surface area contributed by atoms with Gasteiger partial charge in [-0.15, -0.1) is 0 Å². The van der Waals surface area contributed by atoms with Gasteiger partial charge in [-0.1, -0.05) is 13.8 Å². The van der Waals surface area contributed by atoms with Crippen LogP contribution in [0.15, 0.2) is 30.3 Å². The number of fused-ring (bicyclic) bond motifs is 1.